The third kappa shape index (κ3) is 6.08. The zero-order chi connectivity index (χ0) is 18.9. The van der Waals surface area contributed by atoms with Crippen LogP contribution in [0, 0.1) is 0 Å². The van der Waals surface area contributed by atoms with E-state index in [2.05, 4.69) is 58.9 Å². The maximum absolute atomic E-state index is 4.70. The monoisotopic (exact) mass is 361 g/mol. The molecule has 0 saturated carbocycles. The average molecular weight is 361 g/mol. The summed E-state index contributed by atoms with van der Waals surface area (Å²) >= 11 is 0. The molecular formula is C22H27N5. The van der Waals surface area contributed by atoms with E-state index in [0.29, 0.717) is 12.5 Å². The fourth-order valence-corrected chi connectivity index (χ4v) is 2.76. The van der Waals surface area contributed by atoms with E-state index in [4.69, 9.17) is 4.98 Å². The van der Waals surface area contributed by atoms with Gasteiger partial charge < -0.3 is 15.5 Å². The summed E-state index contributed by atoms with van der Waals surface area (Å²) in [6.07, 6.45) is 1.06. The summed E-state index contributed by atoms with van der Waals surface area (Å²) < 4.78 is 0. The second-order valence-corrected chi connectivity index (χ2v) is 6.75. The summed E-state index contributed by atoms with van der Waals surface area (Å²) in [6, 6.07) is 22.5. The van der Waals surface area contributed by atoms with Gasteiger partial charge in [0.1, 0.15) is 5.82 Å². The molecule has 5 heteroatoms. The number of benzene rings is 2. The molecule has 1 aromatic heterocycles. The lowest BCUT2D eigenvalue weighted by molar-refractivity contribution is 0.405. The first-order valence-corrected chi connectivity index (χ1v) is 9.31. The van der Waals surface area contributed by atoms with Crippen LogP contribution in [0.4, 0.5) is 11.8 Å². The average Bonchev–Trinajstić information content (AvgIpc) is 2.71. The van der Waals surface area contributed by atoms with Gasteiger partial charge in [0.2, 0.25) is 5.95 Å². The minimum atomic E-state index is 0.635. The van der Waals surface area contributed by atoms with Crippen molar-refractivity contribution in [2.75, 3.05) is 37.8 Å². The molecule has 2 N–H and O–H groups in total. The molecule has 2 aromatic carbocycles. The Labute approximate surface area is 161 Å². The molecule has 0 aliphatic carbocycles. The second kappa shape index (κ2) is 9.69. The van der Waals surface area contributed by atoms with Crippen molar-refractivity contribution < 1.29 is 0 Å². The van der Waals surface area contributed by atoms with Gasteiger partial charge in [-0.3, -0.25) is 0 Å². The van der Waals surface area contributed by atoms with E-state index >= 15 is 0 Å². The van der Waals surface area contributed by atoms with Crippen molar-refractivity contribution in [2.24, 2.45) is 0 Å². The quantitative estimate of drug-likeness (QED) is 0.562. The van der Waals surface area contributed by atoms with Crippen LogP contribution in [0.2, 0.25) is 0 Å². The van der Waals surface area contributed by atoms with Gasteiger partial charge in [-0.2, -0.15) is 4.98 Å². The molecule has 5 nitrogen and oxygen atoms in total. The van der Waals surface area contributed by atoms with Gasteiger partial charge in [-0.15, -0.1) is 0 Å². The van der Waals surface area contributed by atoms with E-state index in [1.165, 1.54) is 5.56 Å². The Morgan fingerprint density at radius 2 is 1.56 bits per heavy atom. The standard InChI is InChI=1S/C22H27N5/c1-27(2)15-9-14-23-21-16-20(19-12-7-4-8-13-19)25-22(26-21)24-17-18-10-5-3-6-11-18/h3-8,10-13,16H,9,14-15,17H2,1-2H3,(H2,23,24,25,26). The molecule has 140 valence electrons. The highest BCUT2D eigenvalue weighted by atomic mass is 15.1. The number of hydrogen-bond acceptors (Lipinski definition) is 5. The molecule has 3 aromatic rings. The lowest BCUT2D eigenvalue weighted by Crippen LogP contribution is -2.17. The Morgan fingerprint density at radius 3 is 2.26 bits per heavy atom. The zero-order valence-corrected chi connectivity index (χ0v) is 16.0. The molecule has 0 radical (unpaired) electrons. The summed E-state index contributed by atoms with van der Waals surface area (Å²) in [5.74, 6) is 1.48. The molecule has 3 rings (SSSR count). The van der Waals surface area contributed by atoms with Crippen molar-refractivity contribution >= 4 is 11.8 Å². The van der Waals surface area contributed by atoms with Gasteiger partial charge in [0.25, 0.3) is 0 Å². The smallest absolute Gasteiger partial charge is 0.225 e. The fraction of sp³-hybridized carbons (Fsp3) is 0.273. The van der Waals surface area contributed by atoms with Gasteiger partial charge in [-0.25, -0.2) is 4.98 Å². The van der Waals surface area contributed by atoms with E-state index in [1.54, 1.807) is 0 Å². The maximum Gasteiger partial charge on any atom is 0.225 e. The van der Waals surface area contributed by atoms with Crippen LogP contribution in [0.1, 0.15) is 12.0 Å². The van der Waals surface area contributed by atoms with Gasteiger partial charge in [0, 0.05) is 24.7 Å². The molecule has 0 unspecified atom stereocenters. The number of anilines is 2. The minimum absolute atomic E-state index is 0.635. The van der Waals surface area contributed by atoms with Crippen LogP contribution in [0.5, 0.6) is 0 Å². The fourth-order valence-electron chi connectivity index (χ4n) is 2.76. The summed E-state index contributed by atoms with van der Waals surface area (Å²) in [6.45, 7) is 2.61. The molecule has 27 heavy (non-hydrogen) atoms. The lowest BCUT2D eigenvalue weighted by Gasteiger charge is -2.13. The van der Waals surface area contributed by atoms with Crippen LogP contribution < -0.4 is 10.6 Å². The van der Waals surface area contributed by atoms with Crippen molar-refractivity contribution in [2.45, 2.75) is 13.0 Å². The Balaban J connectivity index is 1.75. The first-order valence-electron chi connectivity index (χ1n) is 9.31. The van der Waals surface area contributed by atoms with Crippen LogP contribution in [-0.4, -0.2) is 42.1 Å². The van der Waals surface area contributed by atoms with Crippen molar-refractivity contribution in [1.82, 2.24) is 14.9 Å². The van der Waals surface area contributed by atoms with Crippen LogP contribution >= 0.6 is 0 Å². The number of rotatable bonds is 9. The van der Waals surface area contributed by atoms with Crippen LogP contribution in [0.3, 0.4) is 0 Å². The first-order chi connectivity index (χ1) is 13.2. The predicted molar refractivity (Wildman–Crippen MR) is 113 cm³/mol. The Morgan fingerprint density at radius 1 is 0.852 bits per heavy atom. The summed E-state index contributed by atoms with van der Waals surface area (Å²) in [7, 11) is 4.17. The predicted octanol–water partition coefficient (Wildman–Crippen LogP) is 4.12. The van der Waals surface area contributed by atoms with Crippen LogP contribution in [-0.2, 0) is 6.54 Å². The van der Waals surface area contributed by atoms with E-state index in [-0.39, 0.29) is 0 Å². The van der Waals surface area contributed by atoms with E-state index in [1.807, 2.05) is 42.5 Å². The highest BCUT2D eigenvalue weighted by molar-refractivity contribution is 5.64. The topological polar surface area (TPSA) is 53.1 Å². The SMILES string of the molecule is CN(C)CCCNc1cc(-c2ccccc2)nc(NCc2ccccc2)n1. The Kier molecular flexibility index (Phi) is 6.77. The molecule has 1 heterocycles. The third-order valence-corrected chi connectivity index (χ3v) is 4.18. The van der Waals surface area contributed by atoms with Gasteiger partial charge in [0.15, 0.2) is 0 Å². The van der Waals surface area contributed by atoms with Crippen LogP contribution in [0.25, 0.3) is 11.3 Å². The van der Waals surface area contributed by atoms with Gasteiger partial charge >= 0.3 is 0 Å². The zero-order valence-electron chi connectivity index (χ0n) is 16.0. The van der Waals surface area contributed by atoms with Crippen LogP contribution in [0.15, 0.2) is 66.7 Å². The van der Waals surface area contributed by atoms with E-state index < -0.39 is 0 Å². The van der Waals surface area contributed by atoms with E-state index in [9.17, 15) is 0 Å². The third-order valence-electron chi connectivity index (χ3n) is 4.18. The molecule has 0 amide bonds. The number of nitrogens with one attached hydrogen (secondary N) is 2. The normalized spacial score (nSPS) is 10.8. The van der Waals surface area contributed by atoms with E-state index in [0.717, 1.165) is 36.6 Å². The highest BCUT2D eigenvalue weighted by Crippen LogP contribution is 2.21. The van der Waals surface area contributed by atoms with Crippen molar-refractivity contribution in [3.05, 3.63) is 72.3 Å². The Bertz CT molecular complexity index is 819. The lowest BCUT2D eigenvalue weighted by atomic mass is 10.1. The largest absolute Gasteiger partial charge is 0.370 e. The summed E-state index contributed by atoms with van der Waals surface area (Å²) in [5, 5.41) is 6.78. The molecule has 0 bridgehead atoms. The van der Waals surface area contributed by atoms with Gasteiger partial charge in [-0.05, 0) is 32.6 Å². The molecule has 0 aliphatic rings. The molecule has 0 fully saturated rings. The Hall–Kier alpha value is -2.92. The summed E-state index contributed by atoms with van der Waals surface area (Å²) in [5.41, 5.74) is 3.20. The molecule has 0 spiro atoms. The van der Waals surface area contributed by atoms with Crippen molar-refractivity contribution in [3.63, 3.8) is 0 Å². The minimum Gasteiger partial charge on any atom is -0.370 e. The van der Waals surface area contributed by atoms with Crippen molar-refractivity contribution in [3.8, 4) is 11.3 Å². The van der Waals surface area contributed by atoms with Crippen molar-refractivity contribution in [1.29, 1.82) is 0 Å². The molecule has 0 atom stereocenters. The summed E-state index contributed by atoms with van der Waals surface area (Å²) in [4.78, 5) is 11.5. The van der Waals surface area contributed by atoms with Gasteiger partial charge in [0.05, 0.1) is 5.69 Å². The molecular weight excluding hydrogens is 334 g/mol. The number of nitrogens with zero attached hydrogens (tertiary/aromatic N) is 3. The van der Waals surface area contributed by atoms with Gasteiger partial charge in [-0.1, -0.05) is 60.7 Å². The maximum atomic E-state index is 4.70. The second-order valence-electron chi connectivity index (χ2n) is 6.75. The highest BCUT2D eigenvalue weighted by Gasteiger charge is 2.07. The number of aromatic nitrogens is 2. The molecule has 0 saturated heterocycles. The molecule has 0 aliphatic heterocycles. The first kappa shape index (κ1) is 18.9. The number of hydrogen-bond donors (Lipinski definition) is 2.